The lowest BCUT2D eigenvalue weighted by Gasteiger charge is -2.35. The molecule has 0 radical (unpaired) electrons. The molecule has 2 aliphatic rings. The predicted molar refractivity (Wildman–Crippen MR) is 195 cm³/mol. The minimum absolute atomic E-state index is 0.0617. The number of pyridine rings is 1. The number of rotatable bonds is 17. The van der Waals surface area contributed by atoms with Gasteiger partial charge in [0.05, 0.1) is 23.3 Å². The van der Waals surface area contributed by atoms with Crippen molar-refractivity contribution < 1.29 is 28.3 Å². The molecule has 12 nitrogen and oxygen atoms in total. The van der Waals surface area contributed by atoms with Crippen LogP contribution in [-0.4, -0.2) is 100 Å². The summed E-state index contributed by atoms with van der Waals surface area (Å²) in [5, 5.41) is 26.9. The first-order valence-electron chi connectivity index (χ1n) is 17.8. The second-order valence-electron chi connectivity index (χ2n) is 13.7. The summed E-state index contributed by atoms with van der Waals surface area (Å²) in [6.45, 7) is 5.16. The lowest BCUT2D eigenvalue weighted by molar-refractivity contribution is -0.128. The molecular formula is C38H50N6O6S. The zero-order valence-electron chi connectivity index (χ0n) is 29.4. The maximum absolute atomic E-state index is 14.3. The molecule has 2 aromatic carbocycles. The van der Waals surface area contributed by atoms with Gasteiger partial charge in [-0.25, -0.2) is 13.2 Å². The Morgan fingerprint density at radius 2 is 1.76 bits per heavy atom. The van der Waals surface area contributed by atoms with Crippen LogP contribution in [0.2, 0.25) is 0 Å². The Bertz CT molecular complexity index is 1700. The van der Waals surface area contributed by atoms with E-state index in [4.69, 9.17) is 5.21 Å². The molecule has 1 aliphatic heterocycles. The fourth-order valence-electron chi connectivity index (χ4n) is 7.10. The van der Waals surface area contributed by atoms with Crippen molar-refractivity contribution in [3.8, 4) is 0 Å². The van der Waals surface area contributed by atoms with Gasteiger partial charge in [0, 0.05) is 45.1 Å². The smallest absolute Gasteiger partial charge is 0.321 e. The van der Waals surface area contributed by atoms with Gasteiger partial charge in [-0.1, -0.05) is 86.8 Å². The second-order valence-corrected chi connectivity index (χ2v) is 15.7. The van der Waals surface area contributed by atoms with Crippen LogP contribution < -0.4 is 5.32 Å². The molecule has 274 valence electrons. The second kappa shape index (κ2) is 17.7. The van der Waals surface area contributed by atoms with Crippen LogP contribution in [0.3, 0.4) is 0 Å². The monoisotopic (exact) mass is 718 g/mol. The minimum atomic E-state index is -4.05. The van der Waals surface area contributed by atoms with Crippen LogP contribution in [0.1, 0.15) is 62.6 Å². The third-order valence-corrected chi connectivity index (χ3v) is 12.0. The van der Waals surface area contributed by atoms with Crippen molar-refractivity contribution in [1.29, 1.82) is 0 Å². The van der Waals surface area contributed by atoms with E-state index >= 15 is 0 Å². The number of benzene rings is 2. The molecule has 1 aromatic heterocycles. The zero-order valence-corrected chi connectivity index (χ0v) is 30.2. The Kier molecular flexibility index (Phi) is 13.2. The fourth-order valence-corrected chi connectivity index (χ4v) is 8.63. The van der Waals surface area contributed by atoms with Gasteiger partial charge in [-0.3, -0.25) is 9.78 Å². The zero-order chi connectivity index (χ0) is 36.4. The van der Waals surface area contributed by atoms with E-state index in [9.17, 15) is 23.1 Å². The van der Waals surface area contributed by atoms with E-state index in [1.807, 2.05) is 56.3 Å². The first-order valence-corrected chi connectivity index (χ1v) is 19.3. The van der Waals surface area contributed by atoms with Gasteiger partial charge in [0.15, 0.2) is 0 Å². The molecule has 5 rings (SSSR count). The highest BCUT2D eigenvalue weighted by Gasteiger charge is 2.41. The molecule has 13 heteroatoms. The fraction of sp³-hybridized carbons (Fsp3) is 0.474. The third-order valence-electron chi connectivity index (χ3n) is 10.2. The highest BCUT2D eigenvalue weighted by atomic mass is 32.2. The summed E-state index contributed by atoms with van der Waals surface area (Å²) in [5.74, 6) is -0.410. The summed E-state index contributed by atoms with van der Waals surface area (Å²) in [6.07, 6.45) is 8.11. The number of hydrogen-bond acceptors (Lipinski definition) is 8. The Labute approximate surface area is 301 Å². The van der Waals surface area contributed by atoms with Crippen LogP contribution in [0.4, 0.5) is 4.79 Å². The number of hydrogen-bond donors (Lipinski definition) is 3. The molecule has 3 amide bonds. The standard InChI is InChI=1S/C38H50N6O6S/c1-3-28(2)36(44-21-20-42(38(44)47)25-32-14-9-19-39-23-32)37(46)41-34(22-29-10-5-4-6-11-29)35(45)27-43(26-31-12-7-8-13-31)51(49,50)33-17-15-30(16-18-33)24-40-48/h4-6,9-11,14-19,23-24,28,31,34-36,45,48H,3,7-8,12-13,20-22,25-27H2,1-2H3,(H,41,46)/b40-24+/t28?,34-,35+,36-/m0/s1. The molecule has 1 unspecified atom stereocenters. The van der Waals surface area contributed by atoms with Crippen molar-refractivity contribution >= 4 is 28.2 Å². The Balaban J connectivity index is 1.39. The first-order chi connectivity index (χ1) is 24.6. The normalized spacial score (nSPS) is 18.0. The number of sulfonamides is 1. The summed E-state index contributed by atoms with van der Waals surface area (Å²) in [7, 11) is -4.05. The Morgan fingerprint density at radius 3 is 2.41 bits per heavy atom. The Morgan fingerprint density at radius 1 is 1.06 bits per heavy atom. The number of aliphatic hydroxyl groups is 1. The molecule has 1 aliphatic carbocycles. The number of amides is 3. The third kappa shape index (κ3) is 9.72. The van der Waals surface area contributed by atoms with Gasteiger partial charge in [-0.15, -0.1) is 0 Å². The number of aliphatic hydroxyl groups excluding tert-OH is 1. The summed E-state index contributed by atoms with van der Waals surface area (Å²) >= 11 is 0. The van der Waals surface area contributed by atoms with E-state index in [-0.39, 0.29) is 48.2 Å². The summed E-state index contributed by atoms with van der Waals surface area (Å²) in [5.41, 5.74) is 2.31. The molecule has 3 N–H and O–H groups in total. The van der Waals surface area contributed by atoms with Crippen LogP contribution in [0.25, 0.3) is 0 Å². The molecule has 1 saturated heterocycles. The van der Waals surface area contributed by atoms with E-state index in [0.717, 1.165) is 36.8 Å². The van der Waals surface area contributed by atoms with Gasteiger partial charge in [0.2, 0.25) is 15.9 Å². The van der Waals surface area contributed by atoms with Crippen LogP contribution in [0.15, 0.2) is 89.2 Å². The highest BCUT2D eigenvalue weighted by Crippen LogP contribution is 2.29. The van der Waals surface area contributed by atoms with Gasteiger partial charge in [0.25, 0.3) is 0 Å². The number of nitrogens with zero attached hydrogens (tertiary/aromatic N) is 5. The van der Waals surface area contributed by atoms with E-state index in [1.54, 1.807) is 34.3 Å². The van der Waals surface area contributed by atoms with E-state index < -0.39 is 28.2 Å². The number of carbonyl (C=O) groups excluding carboxylic acids is 2. The van der Waals surface area contributed by atoms with Gasteiger partial charge in [-0.2, -0.15) is 4.31 Å². The molecule has 51 heavy (non-hydrogen) atoms. The molecule has 3 aromatic rings. The predicted octanol–water partition coefficient (Wildman–Crippen LogP) is 4.51. The molecule has 4 atom stereocenters. The van der Waals surface area contributed by atoms with Gasteiger partial charge in [-0.05, 0) is 66.0 Å². The molecule has 1 saturated carbocycles. The quantitative estimate of drug-likeness (QED) is 0.105. The van der Waals surface area contributed by atoms with Crippen molar-refractivity contribution in [2.24, 2.45) is 17.0 Å². The van der Waals surface area contributed by atoms with Gasteiger partial charge in [0.1, 0.15) is 6.04 Å². The van der Waals surface area contributed by atoms with Crippen LogP contribution in [-0.2, 0) is 27.8 Å². The van der Waals surface area contributed by atoms with Crippen LogP contribution in [0, 0.1) is 11.8 Å². The van der Waals surface area contributed by atoms with Crippen molar-refractivity contribution in [3.05, 3.63) is 95.8 Å². The SMILES string of the molecule is CCC(C)[C@@H](C(=O)N[C@@H](Cc1ccccc1)[C@H](O)CN(CC1CCCC1)S(=O)(=O)c1ccc(/C=N/O)cc1)N1CCN(Cc2cccnc2)C1=O. The first kappa shape index (κ1) is 37.9. The molecule has 2 heterocycles. The Hall–Kier alpha value is -4.33. The van der Waals surface area contributed by atoms with Crippen molar-refractivity contribution in [2.75, 3.05) is 26.2 Å². The largest absolute Gasteiger partial charge is 0.411 e. The number of nitrogens with one attached hydrogen (secondary N) is 1. The topological polar surface area (TPSA) is 156 Å². The minimum Gasteiger partial charge on any atom is -0.411 e. The average molecular weight is 719 g/mol. The number of oxime groups is 1. The van der Waals surface area contributed by atoms with Gasteiger partial charge < -0.3 is 25.4 Å². The van der Waals surface area contributed by atoms with Crippen molar-refractivity contribution in [1.82, 2.24) is 24.4 Å². The van der Waals surface area contributed by atoms with Crippen molar-refractivity contribution in [3.63, 3.8) is 0 Å². The summed E-state index contributed by atoms with van der Waals surface area (Å²) in [4.78, 5) is 35.6. The van der Waals surface area contributed by atoms with Gasteiger partial charge >= 0.3 is 6.03 Å². The molecule has 0 spiro atoms. The van der Waals surface area contributed by atoms with E-state index in [1.165, 1.54) is 22.7 Å². The summed E-state index contributed by atoms with van der Waals surface area (Å²) < 4.78 is 29.6. The average Bonchev–Trinajstić information content (AvgIpc) is 3.78. The lowest BCUT2D eigenvalue weighted by atomic mass is 9.95. The van der Waals surface area contributed by atoms with E-state index in [2.05, 4.69) is 15.5 Å². The van der Waals surface area contributed by atoms with Crippen LogP contribution >= 0.6 is 0 Å². The van der Waals surface area contributed by atoms with E-state index in [0.29, 0.717) is 31.6 Å². The van der Waals surface area contributed by atoms with Crippen LogP contribution in [0.5, 0.6) is 0 Å². The maximum Gasteiger partial charge on any atom is 0.321 e. The number of carbonyl (C=O) groups is 2. The number of aromatic nitrogens is 1. The highest BCUT2D eigenvalue weighted by molar-refractivity contribution is 7.89. The lowest BCUT2D eigenvalue weighted by Crippen LogP contribution is -2.57. The van der Waals surface area contributed by atoms with Crippen molar-refractivity contribution in [2.45, 2.75) is 82.0 Å². The molecule has 2 fully saturated rings. The number of urea groups is 1. The maximum atomic E-state index is 14.3. The molecular weight excluding hydrogens is 669 g/mol. The summed E-state index contributed by atoms with van der Waals surface area (Å²) in [6, 6.07) is 17.4. The molecule has 0 bridgehead atoms.